The highest BCUT2D eigenvalue weighted by Crippen LogP contribution is 2.01. The average Bonchev–Trinajstić information content (AvgIpc) is 2.68. The van der Waals surface area contributed by atoms with Gasteiger partial charge in [-0.2, -0.15) is 0 Å². The summed E-state index contributed by atoms with van der Waals surface area (Å²) in [5.41, 5.74) is 0. The Kier molecular flexibility index (Phi) is 21.2. The Hall–Kier alpha value is -0.593. The highest BCUT2D eigenvalue weighted by Gasteiger charge is 2.12. The maximum Gasteiger partial charge on any atom is 0.308 e. The van der Waals surface area contributed by atoms with Gasteiger partial charge in [-0.25, -0.2) is 0 Å². The van der Waals surface area contributed by atoms with Crippen LogP contribution < -0.4 is 0 Å². The van der Waals surface area contributed by atoms with Gasteiger partial charge in [0.05, 0.1) is 98.9 Å². The molecule has 0 aliphatic heterocycles. The summed E-state index contributed by atoms with van der Waals surface area (Å²) in [4.78, 5) is 11.1. The van der Waals surface area contributed by atoms with Crippen molar-refractivity contribution in [1.29, 1.82) is 0 Å². The summed E-state index contributed by atoms with van der Waals surface area (Å²) in [7, 11) is -1.44. The van der Waals surface area contributed by atoms with Crippen LogP contribution in [0.4, 0.5) is 0 Å². The summed E-state index contributed by atoms with van der Waals surface area (Å²) in [6, 6.07) is 0. The molecule has 30 heavy (non-hydrogen) atoms. The van der Waals surface area contributed by atoms with Gasteiger partial charge in [0.1, 0.15) is 0 Å². The number of rotatable bonds is 23. The lowest BCUT2D eigenvalue weighted by molar-refractivity contribution is -0.144. The van der Waals surface area contributed by atoms with Crippen molar-refractivity contribution < 1.29 is 42.4 Å². The van der Waals surface area contributed by atoms with Crippen molar-refractivity contribution in [2.45, 2.75) is 33.0 Å². The van der Waals surface area contributed by atoms with E-state index < -0.39 is 8.32 Å². The Bertz CT molecular complexity index is 378. The second-order valence-electron chi connectivity index (χ2n) is 7.19. The van der Waals surface area contributed by atoms with Crippen molar-refractivity contribution in [3.63, 3.8) is 0 Å². The number of hydrogen-bond acceptors (Lipinski definition) is 9. The van der Waals surface area contributed by atoms with E-state index in [2.05, 4.69) is 19.6 Å². The Balaban J connectivity index is 3.07. The number of carbonyl (C=O) groups excluding carboxylic acids is 1. The van der Waals surface area contributed by atoms with Crippen molar-refractivity contribution in [2.24, 2.45) is 0 Å². The summed E-state index contributed by atoms with van der Waals surface area (Å²) in [5.74, 6) is -0.242. The van der Waals surface area contributed by atoms with E-state index in [0.29, 0.717) is 92.5 Å². The molecule has 0 aliphatic carbocycles. The van der Waals surface area contributed by atoms with Crippen molar-refractivity contribution in [1.82, 2.24) is 0 Å². The summed E-state index contributed by atoms with van der Waals surface area (Å²) in [5, 5.41) is 0. The minimum Gasteiger partial charge on any atom is -0.466 e. The quantitative estimate of drug-likeness (QED) is 0.130. The summed E-state index contributed by atoms with van der Waals surface area (Å²) in [6.45, 7) is 15.4. The summed E-state index contributed by atoms with van der Waals surface area (Å²) in [6.07, 6.45) is 0.268. The van der Waals surface area contributed by atoms with Crippen LogP contribution in [0.2, 0.25) is 19.6 Å². The number of hydrogen-bond donors (Lipinski definition) is 0. The smallest absolute Gasteiger partial charge is 0.308 e. The van der Waals surface area contributed by atoms with Crippen molar-refractivity contribution in [3.8, 4) is 0 Å². The fourth-order valence-corrected chi connectivity index (χ4v) is 2.69. The van der Waals surface area contributed by atoms with Gasteiger partial charge in [-0.3, -0.25) is 4.79 Å². The zero-order valence-corrected chi connectivity index (χ0v) is 20.3. The van der Waals surface area contributed by atoms with Gasteiger partial charge in [0.2, 0.25) is 0 Å². The van der Waals surface area contributed by atoms with Crippen LogP contribution in [0, 0.1) is 0 Å². The van der Waals surface area contributed by atoms with E-state index in [0.717, 1.165) is 0 Å². The van der Waals surface area contributed by atoms with E-state index in [-0.39, 0.29) is 12.4 Å². The Morgan fingerprint density at radius 2 is 0.900 bits per heavy atom. The molecular weight excluding hydrogens is 412 g/mol. The predicted molar refractivity (Wildman–Crippen MR) is 115 cm³/mol. The first-order chi connectivity index (χ1) is 14.5. The van der Waals surface area contributed by atoms with Crippen LogP contribution in [-0.2, 0) is 42.4 Å². The zero-order valence-electron chi connectivity index (χ0n) is 19.3. The normalized spacial score (nSPS) is 11.7. The van der Waals surface area contributed by atoms with Crippen molar-refractivity contribution in [3.05, 3.63) is 0 Å². The third kappa shape index (κ3) is 25.4. The molecule has 0 rings (SSSR count). The molecule has 0 atom stereocenters. The van der Waals surface area contributed by atoms with E-state index in [1.54, 1.807) is 6.92 Å². The van der Waals surface area contributed by atoms with Gasteiger partial charge in [-0.15, -0.1) is 0 Å². The minimum atomic E-state index is -1.44. The van der Waals surface area contributed by atoms with Crippen LogP contribution in [0.3, 0.4) is 0 Å². The lowest BCUT2D eigenvalue weighted by atomic mass is 10.5. The van der Waals surface area contributed by atoms with Crippen molar-refractivity contribution in [2.75, 3.05) is 92.5 Å². The molecule has 0 N–H and O–H groups in total. The summed E-state index contributed by atoms with van der Waals surface area (Å²) >= 11 is 0. The molecule has 0 amide bonds. The maximum absolute atomic E-state index is 11.1. The monoisotopic (exact) mass is 454 g/mol. The van der Waals surface area contributed by atoms with Crippen LogP contribution in [0.15, 0.2) is 0 Å². The fourth-order valence-electron chi connectivity index (χ4n) is 2.00. The van der Waals surface area contributed by atoms with E-state index in [1.807, 2.05) is 0 Å². The molecule has 0 fully saturated rings. The molecule has 0 saturated heterocycles. The van der Waals surface area contributed by atoms with Gasteiger partial charge in [0.15, 0.2) is 8.32 Å². The molecule has 0 radical (unpaired) electrons. The van der Waals surface area contributed by atoms with Crippen LogP contribution in [0.25, 0.3) is 0 Å². The lowest BCUT2D eigenvalue weighted by Gasteiger charge is -2.16. The molecule has 0 aromatic carbocycles. The molecule has 0 unspecified atom stereocenters. The first-order valence-electron chi connectivity index (χ1n) is 10.7. The van der Waals surface area contributed by atoms with Crippen molar-refractivity contribution >= 4 is 14.3 Å². The molecule has 9 nitrogen and oxygen atoms in total. The van der Waals surface area contributed by atoms with Crippen LogP contribution in [0.1, 0.15) is 13.3 Å². The summed E-state index contributed by atoms with van der Waals surface area (Å²) < 4.78 is 42.8. The Morgan fingerprint density at radius 1 is 0.567 bits per heavy atom. The molecule has 0 aliphatic rings. The Labute approximate surface area is 182 Å². The minimum absolute atomic E-state index is 0.242. The number of esters is 1. The molecule has 10 heteroatoms. The standard InChI is InChI=1S/C20H42O9Si/c1-5-28-20(21)6-7-22-8-9-23-10-11-24-12-13-25-14-15-26-16-17-27-18-19-29-30(2,3)4/h5-19H2,1-4H3. The molecule has 0 saturated carbocycles. The second kappa shape index (κ2) is 21.6. The second-order valence-corrected chi connectivity index (χ2v) is 11.7. The van der Waals surface area contributed by atoms with Crippen LogP contribution in [0.5, 0.6) is 0 Å². The highest BCUT2D eigenvalue weighted by atomic mass is 28.4. The van der Waals surface area contributed by atoms with E-state index >= 15 is 0 Å². The molecule has 0 aromatic heterocycles. The van der Waals surface area contributed by atoms with Gasteiger partial charge in [-0.1, -0.05) is 0 Å². The lowest BCUT2D eigenvalue weighted by Crippen LogP contribution is -2.27. The predicted octanol–water partition coefficient (Wildman–Crippen LogP) is 1.89. The van der Waals surface area contributed by atoms with Gasteiger partial charge in [-0.05, 0) is 26.6 Å². The van der Waals surface area contributed by atoms with Gasteiger partial charge < -0.3 is 37.6 Å². The largest absolute Gasteiger partial charge is 0.466 e. The molecule has 180 valence electrons. The van der Waals surface area contributed by atoms with E-state index in [9.17, 15) is 4.79 Å². The number of ether oxygens (including phenoxy) is 7. The molecule has 0 spiro atoms. The molecule has 0 heterocycles. The zero-order chi connectivity index (χ0) is 22.3. The first kappa shape index (κ1) is 29.4. The van der Waals surface area contributed by atoms with E-state index in [1.165, 1.54) is 0 Å². The van der Waals surface area contributed by atoms with E-state index in [4.69, 9.17) is 37.6 Å². The topological polar surface area (TPSA) is 90.9 Å². The molecule has 0 aromatic rings. The first-order valence-corrected chi connectivity index (χ1v) is 14.1. The third-order valence-electron chi connectivity index (χ3n) is 3.38. The van der Waals surface area contributed by atoms with Gasteiger partial charge >= 0.3 is 5.97 Å². The Morgan fingerprint density at radius 3 is 1.23 bits per heavy atom. The van der Waals surface area contributed by atoms with Gasteiger partial charge in [0.25, 0.3) is 0 Å². The maximum atomic E-state index is 11.1. The number of carbonyl (C=O) groups is 1. The molecule has 0 bridgehead atoms. The molecular formula is C20H42O9Si. The fraction of sp³-hybridized carbons (Fsp3) is 0.950. The van der Waals surface area contributed by atoms with Gasteiger partial charge in [0, 0.05) is 0 Å². The average molecular weight is 455 g/mol. The highest BCUT2D eigenvalue weighted by molar-refractivity contribution is 6.69. The van der Waals surface area contributed by atoms with Crippen LogP contribution >= 0.6 is 0 Å². The van der Waals surface area contributed by atoms with Crippen LogP contribution in [-0.4, -0.2) is 107 Å². The SMILES string of the molecule is CCOC(=O)CCOCCOCCOCCOCCOCCOCCO[Si](C)(C)C. The third-order valence-corrected chi connectivity index (χ3v) is 4.45.